The second-order valence-electron chi connectivity index (χ2n) is 5.96. The summed E-state index contributed by atoms with van der Waals surface area (Å²) in [6.45, 7) is 1.82. The molecule has 0 saturated carbocycles. The fourth-order valence-electron chi connectivity index (χ4n) is 2.82. The number of carbonyl (C=O) groups is 2. The Morgan fingerprint density at radius 1 is 1.21 bits per heavy atom. The molecule has 0 N–H and O–H groups in total. The second-order valence-corrected chi connectivity index (χ2v) is 7.59. The van der Waals surface area contributed by atoms with Gasteiger partial charge in [-0.05, 0) is 43.2 Å². The number of amides is 1. The van der Waals surface area contributed by atoms with Crippen LogP contribution < -0.4 is 4.90 Å². The molecule has 0 aliphatic carbocycles. The van der Waals surface area contributed by atoms with E-state index in [2.05, 4.69) is 0 Å². The lowest BCUT2D eigenvalue weighted by Gasteiger charge is -2.18. The number of hydrogen-bond donors (Lipinski definition) is 0. The molecule has 2 aromatic carbocycles. The molecule has 0 radical (unpaired) electrons. The monoisotopic (exact) mass is 412 g/mol. The van der Waals surface area contributed by atoms with Crippen LogP contribution in [0.5, 0.6) is 0 Å². The Morgan fingerprint density at radius 2 is 1.89 bits per heavy atom. The van der Waals surface area contributed by atoms with Gasteiger partial charge < -0.3 is 4.74 Å². The fourth-order valence-corrected chi connectivity index (χ4v) is 4.25. The maximum Gasteiger partial charge on any atom is 0.351 e. The van der Waals surface area contributed by atoms with Crippen molar-refractivity contribution in [2.75, 3.05) is 11.5 Å². The van der Waals surface area contributed by atoms with Crippen LogP contribution in [0.15, 0.2) is 65.2 Å². The Hall–Kier alpha value is -2.75. The van der Waals surface area contributed by atoms with Crippen LogP contribution >= 0.6 is 23.4 Å². The lowest BCUT2D eigenvalue weighted by atomic mass is 10.1. The van der Waals surface area contributed by atoms with Crippen LogP contribution in [0.25, 0.3) is 0 Å². The van der Waals surface area contributed by atoms with Crippen molar-refractivity contribution in [1.82, 2.24) is 0 Å². The number of nitrogens with zero attached hydrogens (tertiary/aromatic N) is 2. The summed E-state index contributed by atoms with van der Waals surface area (Å²) in [7, 11) is 0. The lowest BCUT2D eigenvalue weighted by Crippen LogP contribution is -2.30. The first kappa shape index (κ1) is 20.0. The largest absolute Gasteiger partial charge is 0.462 e. The van der Waals surface area contributed by atoms with Crippen molar-refractivity contribution >= 4 is 40.9 Å². The van der Waals surface area contributed by atoms with E-state index in [9.17, 15) is 14.9 Å². The molecule has 5 nitrogen and oxygen atoms in total. The van der Waals surface area contributed by atoms with E-state index in [1.807, 2.05) is 24.3 Å². The highest BCUT2D eigenvalue weighted by Gasteiger charge is 2.41. The number of carbonyl (C=O) groups excluding carboxylic acids is 2. The average Bonchev–Trinajstić information content (AvgIpc) is 3.01. The van der Waals surface area contributed by atoms with E-state index in [0.29, 0.717) is 22.2 Å². The van der Waals surface area contributed by atoms with E-state index in [1.54, 1.807) is 43.3 Å². The van der Waals surface area contributed by atoms with E-state index >= 15 is 0 Å². The highest BCUT2D eigenvalue weighted by molar-refractivity contribution is 8.05. The van der Waals surface area contributed by atoms with Gasteiger partial charge in [-0.2, -0.15) is 5.26 Å². The standard InChI is InChI=1S/C21H17ClN2O3S/c1-2-27-21(26)17(13-23)20-24(16-6-4-3-5-7-16)19(25)18(28-20)12-14-8-10-15(22)11-9-14/h3-11,18H,2,12H2,1H3/b20-17-/t18-/m1/s1. The Labute approximate surface area is 172 Å². The molecule has 3 rings (SSSR count). The molecular weight excluding hydrogens is 396 g/mol. The van der Waals surface area contributed by atoms with Crippen molar-refractivity contribution in [2.24, 2.45) is 0 Å². The molecule has 142 valence electrons. The highest BCUT2D eigenvalue weighted by Crippen LogP contribution is 2.42. The maximum absolute atomic E-state index is 13.2. The van der Waals surface area contributed by atoms with Gasteiger partial charge in [0.1, 0.15) is 11.1 Å². The minimum Gasteiger partial charge on any atom is -0.462 e. The molecule has 0 unspecified atom stereocenters. The van der Waals surface area contributed by atoms with E-state index < -0.39 is 11.2 Å². The number of hydrogen-bond acceptors (Lipinski definition) is 5. The summed E-state index contributed by atoms with van der Waals surface area (Å²) >= 11 is 7.14. The van der Waals surface area contributed by atoms with Crippen molar-refractivity contribution in [3.8, 4) is 6.07 Å². The molecular formula is C21H17ClN2O3S. The Kier molecular flexibility index (Phi) is 6.40. The molecule has 2 aromatic rings. The minimum absolute atomic E-state index is 0.148. The number of anilines is 1. The predicted octanol–water partition coefficient (Wildman–Crippen LogP) is 4.33. The number of rotatable bonds is 5. The van der Waals surface area contributed by atoms with Gasteiger partial charge in [0.15, 0.2) is 5.57 Å². The number of ether oxygens (including phenoxy) is 1. The molecule has 1 atom stereocenters. The predicted molar refractivity (Wildman–Crippen MR) is 110 cm³/mol. The van der Waals surface area contributed by atoms with E-state index in [-0.39, 0.29) is 18.1 Å². The van der Waals surface area contributed by atoms with Crippen molar-refractivity contribution in [3.63, 3.8) is 0 Å². The third-order valence-electron chi connectivity index (χ3n) is 4.11. The number of benzene rings is 2. The maximum atomic E-state index is 13.2. The van der Waals surface area contributed by atoms with Gasteiger partial charge in [-0.1, -0.05) is 53.7 Å². The van der Waals surface area contributed by atoms with Gasteiger partial charge in [-0.25, -0.2) is 4.79 Å². The minimum atomic E-state index is -0.728. The number of halogens is 1. The molecule has 1 saturated heterocycles. The van der Waals surface area contributed by atoms with Crippen molar-refractivity contribution in [1.29, 1.82) is 5.26 Å². The normalized spacial score (nSPS) is 18.0. The van der Waals surface area contributed by atoms with Crippen LogP contribution in [-0.4, -0.2) is 23.7 Å². The molecule has 7 heteroatoms. The van der Waals surface area contributed by atoms with Crippen LogP contribution in [-0.2, 0) is 20.7 Å². The Morgan fingerprint density at radius 3 is 2.50 bits per heavy atom. The molecule has 1 aliphatic heterocycles. The molecule has 1 amide bonds. The van der Waals surface area contributed by atoms with Gasteiger partial charge in [-0.15, -0.1) is 0 Å². The lowest BCUT2D eigenvalue weighted by molar-refractivity contribution is -0.138. The zero-order valence-corrected chi connectivity index (χ0v) is 16.7. The first-order valence-electron chi connectivity index (χ1n) is 8.66. The number of para-hydroxylation sites is 1. The first-order valence-corrected chi connectivity index (χ1v) is 9.92. The van der Waals surface area contributed by atoms with Crippen molar-refractivity contribution < 1.29 is 14.3 Å². The average molecular weight is 413 g/mol. The third-order valence-corrected chi connectivity index (χ3v) is 5.62. The van der Waals surface area contributed by atoms with E-state index in [4.69, 9.17) is 16.3 Å². The second kappa shape index (κ2) is 8.96. The SMILES string of the molecule is CCOC(=O)/C(C#N)=C1\S[C@H](Cc2ccc(Cl)cc2)C(=O)N1c1ccccc1. The quantitative estimate of drug-likeness (QED) is 0.415. The first-order chi connectivity index (χ1) is 13.5. The highest BCUT2D eigenvalue weighted by atomic mass is 35.5. The summed E-state index contributed by atoms with van der Waals surface area (Å²) in [6.07, 6.45) is 0.453. The Bertz CT molecular complexity index is 952. The van der Waals surface area contributed by atoms with Crippen LogP contribution in [0.3, 0.4) is 0 Å². The Balaban J connectivity index is 2.01. The third kappa shape index (κ3) is 4.22. The van der Waals surface area contributed by atoms with Crippen molar-refractivity contribution in [3.05, 3.63) is 75.8 Å². The van der Waals surface area contributed by atoms with Crippen LogP contribution in [0, 0.1) is 11.3 Å². The van der Waals surface area contributed by atoms with Crippen LogP contribution in [0.4, 0.5) is 5.69 Å². The molecule has 1 aliphatic rings. The van der Waals surface area contributed by atoms with Gasteiger partial charge in [0.05, 0.1) is 11.9 Å². The van der Waals surface area contributed by atoms with Crippen LogP contribution in [0.2, 0.25) is 5.02 Å². The summed E-state index contributed by atoms with van der Waals surface area (Å²) in [6, 6.07) is 18.1. The van der Waals surface area contributed by atoms with Crippen molar-refractivity contribution in [2.45, 2.75) is 18.6 Å². The summed E-state index contributed by atoms with van der Waals surface area (Å²) in [5.74, 6) is -0.911. The zero-order valence-electron chi connectivity index (χ0n) is 15.1. The molecule has 0 aromatic heterocycles. The zero-order chi connectivity index (χ0) is 20.1. The van der Waals surface area contributed by atoms with Gasteiger partial charge in [-0.3, -0.25) is 9.69 Å². The summed E-state index contributed by atoms with van der Waals surface area (Å²) in [5.41, 5.74) is 1.38. The summed E-state index contributed by atoms with van der Waals surface area (Å²) in [5, 5.41) is 10.0. The molecule has 1 fully saturated rings. The van der Waals surface area contributed by atoms with E-state index in [0.717, 1.165) is 5.56 Å². The number of esters is 1. The molecule has 0 spiro atoms. The van der Waals surface area contributed by atoms with Gasteiger partial charge in [0.25, 0.3) is 0 Å². The van der Waals surface area contributed by atoms with Crippen LogP contribution in [0.1, 0.15) is 12.5 Å². The summed E-state index contributed by atoms with van der Waals surface area (Å²) < 4.78 is 5.01. The summed E-state index contributed by atoms with van der Waals surface area (Å²) in [4.78, 5) is 26.9. The number of nitriles is 1. The number of thioether (sulfide) groups is 1. The molecule has 0 bridgehead atoms. The van der Waals surface area contributed by atoms with Gasteiger partial charge in [0, 0.05) is 10.7 Å². The van der Waals surface area contributed by atoms with Gasteiger partial charge in [0.2, 0.25) is 5.91 Å². The van der Waals surface area contributed by atoms with Gasteiger partial charge >= 0.3 is 5.97 Å². The fraction of sp³-hybridized carbons (Fsp3) is 0.190. The topological polar surface area (TPSA) is 70.4 Å². The molecule has 1 heterocycles. The molecule has 28 heavy (non-hydrogen) atoms. The van der Waals surface area contributed by atoms with E-state index in [1.165, 1.54) is 16.7 Å². The smallest absolute Gasteiger partial charge is 0.351 e.